The molecule has 0 aromatic heterocycles. The van der Waals surface area contributed by atoms with E-state index in [0.29, 0.717) is 22.0 Å². The van der Waals surface area contributed by atoms with Gasteiger partial charge in [-0.25, -0.2) is 0 Å². The third-order valence-electron chi connectivity index (χ3n) is 6.84. The SMILES string of the molecule is CCC(C)(C)C(=O)C12CC3(C)CC(C)(CC(C)(C3)C1)C2. The molecule has 0 saturated heterocycles. The van der Waals surface area contributed by atoms with Crippen LogP contribution in [-0.2, 0) is 4.79 Å². The van der Waals surface area contributed by atoms with E-state index in [1.54, 1.807) is 0 Å². The average molecular weight is 276 g/mol. The molecule has 1 nitrogen and oxygen atoms in total. The Bertz CT molecular complexity index is 405. The van der Waals surface area contributed by atoms with E-state index < -0.39 is 0 Å². The summed E-state index contributed by atoms with van der Waals surface area (Å²) >= 11 is 0. The van der Waals surface area contributed by atoms with E-state index in [2.05, 4.69) is 41.5 Å². The zero-order valence-corrected chi connectivity index (χ0v) is 14.4. The number of hydrogen-bond acceptors (Lipinski definition) is 1. The minimum atomic E-state index is -0.144. The molecule has 0 aliphatic heterocycles. The Hall–Kier alpha value is -0.330. The molecule has 0 spiro atoms. The second kappa shape index (κ2) is 3.70. The number of hydrogen-bond donors (Lipinski definition) is 0. The standard InChI is InChI=1S/C19H32O/c1-7-15(2,3)14(20)19-11-16(4)8-17(5,12-19)10-18(6,9-16)13-19/h7-13H2,1-6H3. The first-order valence-corrected chi connectivity index (χ1v) is 8.51. The predicted octanol–water partition coefficient (Wildman–Crippen LogP) is 5.38. The second-order valence-electron chi connectivity index (χ2n) is 10.3. The number of carbonyl (C=O) groups excluding carboxylic acids is 1. The summed E-state index contributed by atoms with van der Waals surface area (Å²) in [6.45, 7) is 13.9. The summed E-state index contributed by atoms with van der Waals surface area (Å²) in [5, 5.41) is 0. The van der Waals surface area contributed by atoms with Crippen LogP contribution in [0.25, 0.3) is 0 Å². The Kier molecular flexibility index (Phi) is 2.70. The fraction of sp³-hybridized carbons (Fsp3) is 0.947. The van der Waals surface area contributed by atoms with E-state index >= 15 is 0 Å². The first-order valence-electron chi connectivity index (χ1n) is 8.51. The molecule has 4 bridgehead atoms. The molecule has 4 fully saturated rings. The summed E-state index contributed by atoms with van der Waals surface area (Å²) in [6, 6.07) is 0. The third-order valence-corrected chi connectivity index (χ3v) is 6.84. The van der Waals surface area contributed by atoms with Gasteiger partial charge < -0.3 is 0 Å². The lowest BCUT2D eigenvalue weighted by Crippen LogP contribution is -2.62. The zero-order valence-electron chi connectivity index (χ0n) is 14.4. The summed E-state index contributed by atoms with van der Waals surface area (Å²) in [4.78, 5) is 13.4. The molecule has 0 unspecified atom stereocenters. The largest absolute Gasteiger partial charge is 0.298 e. The van der Waals surface area contributed by atoms with Gasteiger partial charge in [0.15, 0.2) is 0 Å². The molecule has 0 amide bonds. The first-order chi connectivity index (χ1) is 8.96. The van der Waals surface area contributed by atoms with Gasteiger partial charge in [0, 0.05) is 10.8 Å². The van der Waals surface area contributed by atoms with Crippen LogP contribution in [0.15, 0.2) is 0 Å². The summed E-state index contributed by atoms with van der Waals surface area (Å²) in [7, 11) is 0. The third kappa shape index (κ3) is 1.91. The zero-order chi connectivity index (χ0) is 15.0. The van der Waals surface area contributed by atoms with Crippen LogP contribution < -0.4 is 0 Å². The van der Waals surface area contributed by atoms with Gasteiger partial charge in [-0.15, -0.1) is 0 Å². The van der Waals surface area contributed by atoms with E-state index in [9.17, 15) is 4.79 Å². The number of carbonyl (C=O) groups is 1. The van der Waals surface area contributed by atoms with Crippen molar-refractivity contribution >= 4 is 5.78 Å². The van der Waals surface area contributed by atoms with Crippen molar-refractivity contribution in [3.8, 4) is 0 Å². The topological polar surface area (TPSA) is 17.1 Å². The highest BCUT2D eigenvalue weighted by Crippen LogP contribution is 2.74. The van der Waals surface area contributed by atoms with Crippen LogP contribution in [0.5, 0.6) is 0 Å². The van der Waals surface area contributed by atoms with Crippen LogP contribution in [0.1, 0.15) is 86.5 Å². The van der Waals surface area contributed by atoms with Crippen LogP contribution in [0, 0.1) is 27.1 Å². The van der Waals surface area contributed by atoms with E-state index in [-0.39, 0.29) is 10.8 Å². The maximum Gasteiger partial charge on any atom is 0.144 e. The maximum absolute atomic E-state index is 13.4. The Morgan fingerprint density at radius 2 is 1.20 bits per heavy atom. The van der Waals surface area contributed by atoms with Crippen LogP contribution >= 0.6 is 0 Å². The lowest BCUT2D eigenvalue weighted by atomic mass is 9.35. The summed E-state index contributed by atoms with van der Waals surface area (Å²) in [5.74, 6) is 0.579. The molecule has 4 aliphatic carbocycles. The summed E-state index contributed by atoms with van der Waals surface area (Å²) < 4.78 is 0. The van der Waals surface area contributed by atoms with Gasteiger partial charge >= 0.3 is 0 Å². The molecule has 4 saturated carbocycles. The molecular formula is C19H32O. The van der Waals surface area contributed by atoms with Crippen molar-refractivity contribution in [1.82, 2.24) is 0 Å². The van der Waals surface area contributed by atoms with Gasteiger partial charge in [-0.3, -0.25) is 4.79 Å². The molecule has 4 rings (SSSR count). The number of Topliss-reactive ketones (excluding diaryl/α,β-unsaturated/α-hetero) is 1. The Morgan fingerprint density at radius 1 is 0.850 bits per heavy atom. The van der Waals surface area contributed by atoms with Crippen LogP contribution in [0.4, 0.5) is 0 Å². The highest BCUT2D eigenvalue weighted by Gasteiger charge is 2.67. The predicted molar refractivity (Wildman–Crippen MR) is 83.5 cm³/mol. The molecule has 0 N–H and O–H groups in total. The van der Waals surface area contributed by atoms with Gasteiger partial charge in [0.25, 0.3) is 0 Å². The Balaban J connectivity index is 2.05. The van der Waals surface area contributed by atoms with E-state index in [4.69, 9.17) is 0 Å². The van der Waals surface area contributed by atoms with Crippen molar-refractivity contribution < 1.29 is 4.79 Å². The van der Waals surface area contributed by atoms with E-state index in [1.807, 2.05) is 0 Å². The highest BCUT2D eigenvalue weighted by molar-refractivity contribution is 5.90. The molecule has 0 aromatic rings. The maximum atomic E-state index is 13.4. The van der Waals surface area contributed by atoms with E-state index in [1.165, 1.54) is 19.3 Å². The van der Waals surface area contributed by atoms with Crippen LogP contribution in [0.2, 0.25) is 0 Å². The highest BCUT2D eigenvalue weighted by atomic mass is 16.1. The Morgan fingerprint density at radius 3 is 1.50 bits per heavy atom. The van der Waals surface area contributed by atoms with Gasteiger partial charge in [-0.05, 0) is 61.2 Å². The molecule has 0 radical (unpaired) electrons. The number of rotatable bonds is 3. The van der Waals surface area contributed by atoms with Crippen molar-refractivity contribution in [3.05, 3.63) is 0 Å². The second-order valence-corrected chi connectivity index (χ2v) is 10.3. The van der Waals surface area contributed by atoms with E-state index in [0.717, 1.165) is 25.7 Å². The van der Waals surface area contributed by atoms with Crippen molar-refractivity contribution in [2.45, 2.75) is 86.5 Å². The number of ketones is 1. The molecular weight excluding hydrogens is 244 g/mol. The molecule has 0 heterocycles. The Labute approximate surface area is 124 Å². The van der Waals surface area contributed by atoms with Crippen molar-refractivity contribution in [3.63, 3.8) is 0 Å². The van der Waals surface area contributed by atoms with Gasteiger partial charge in [-0.2, -0.15) is 0 Å². The van der Waals surface area contributed by atoms with Crippen LogP contribution in [-0.4, -0.2) is 5.78 Å². The lowest BCUT2D eigenvalue weighted by molar-refractivity contribution is -0.196. The van der Waals surface area contributed by atoms with Crippen LogP contribution in [0.3, 0.4) is 0 Å². The smallest absolute Gasteiger partial charge is 0.144 e. The molecule has 0 atom stereocenters. The first kappa shape index (κ1) is 14.6. The fourth-order valence-corrected chi connectivity index (χ4v) is 7.41. The molecule has 20 heavy (non-hydrogen) atoms. The monoisotopic (exact) mass is 276 g/mol. The normalized spacial score (nSPS) is 50.5. The minimum Gasteiger partial charge on any atom is -0.298 e. The van der Waals surface area contributed by atoms with Crippen molar-refractivity contribution in [2.24, 2.45) is 27.1 Å². The summed E-state index contributed by atoms with van der Waals surface area (Å²) in [6.07, 6.45) is 8.48. The lowest BCUT2D eigenvalue weighted by Gasteiger charge is -2.69. The van der Waals surface area contributed by atoms with Gasteiger partial charge in [0.05, 0.1) is 0 Å². The van der Waals surface area contributed by atoms with Gasteiger partial charge in [0.1, 0.15) is 5.78 Å². The van der Waals surface area contributed by atoms with Gasteiger partial charge in [0.2, 0.25) is 0 Å². The average Bonchev–Trinajstić information content (AvgIpc) is 2.21. The quantitative estimate of drug-likeness (QED) is 0.676. The van der Waals surface area contributed by atoms with Crippen molar-refractivity contribution in [1.29, 1.82) is 0 Å². The molecule has 114 valence electrons. The van der Waals surface area contributed by atoms with Gasteiger partial charge in [-0.1, -0.05) is 41.5 Å². The molecule has 1 heteroatoms. The molecule has 0 aromatic carbocycles. The minimum absolute atomic E-state index is 0.00743. The molecule has 4 aliphatic rings. The van der Waals surface area contributed by atoms with Crippen molar-refractivity contribution in [2.75, 3.05) is 0 Å². The fourth-order valence-electron chi connectivity index (χ4n) is 7.41. The summed E-state index contributed by atoms with van der Waals surface area (Å²) in [5.41, 5.74) is 1.09.